The van der Waals surface area contributed by atoms with Crippen LogP contribution in [0, 0.1) is 6.92 Å². The van der Waals surface area contributed by atoms with E-state index >= 15 is 0 Å². The zero-order valence-electron chi connectivity index (χ0n) is 49.1. The summed E-state index contributed by atoms with van der Waals surface area (Å²) in [5.74, 6) is 0. The van der Waals surface area contributed by atoms with Crippen LogP contribution in [0.5, 0.6) is 0 Å². The van der Waals surface area contributed by atoms with E-state index in [1.54, 1.807) is 0 Å². The Morgan fingerprint density at radius 3 is 1.47 bits per heavy atom. The highest BCUT2D eigenvalue weighted by atomic mass is 16.3. The van der Waals surface area contributed by atoms with Gasteiger partial charge in [-0.25, -0.2) is 0 Å². The molecule has 0 N–H and O–H groups in total. The van der Waals surface area contributed by atoms with Crippen LogP contribution in [0.2, 0.25) is 0 Å². The average Bonchev–Trinajstić information content (AvgIpc) is 3.39. The Bertz CT molecular complexity index is 3850. The van der Waals surface area contributed by atoms with Crippen LogP contribution in [0.1, 0.15) is 162 Å². The van der Waals surface area contributed by atoms with Gasteiger partial charge in [0.1, 0.15) is 11.2 Å². The molecule has 0 atom stereocenters. The highest BCUT2D eigenvalue weighted by molar-refractivity contribution is 7.00. The summed E-state index contributed by atoms with van der Waals surface area (Å²) in [6.45, 7) is 35.8. The molecule has 5 heteroatoms. The molecule has 0 saturated carbocycles. The molecule has 1 aromatic heterocycles. The monoisotopic (exact) mass is 1020 g/mol. The second-order valence-corrected chi connectivity index (χ2v) is 28.5. The maximum absolute atomic E-state index is 6.75. The second-order valence-electron chi connectivity index (χ2n) is 28.5. The van der Waals surface area contributed by atoms with Crippen molar-refractivity contribution in [2.75, 3.05) is 14.7 Å². The number of para-hydroxylation sites is 1. The number of hydrogen-bond acceptors (Lipinski definition) is 4. The van der Waals surface area contributed by atoms with Gasteiger partial charge in [0.25, 0.3) is 6.71 Å². The number of nitrogens with zero attached hydrogens (tertiary/aromatic N) is 3. The third kappa shape index (κ3) is 7.90. The first-order valence-corrected chi connectivity index (χ1v) is 28.9. The fraction of sp³-hybridized carbons (Fsp3) is 0.342. The lowest BCUT2D eigenvalue weighted by molar-refractivity contribution is 0.332. The molecule has 0 radical (unpaired) electrons. The summed E-state index contributed by atoms with van der Waals surface area (Å²) in [4.78, 5) is 7.72. The summed E-state index contributed by atoms with van der Waals surface area (Å²) in [5.41, 5.74) is 26.5. The Balaban J connectivity index is 1.11. The van der Waals surface area contributed by atoms with Gasteiger partial charge in [-0.3, -0.25) is 0 Å². The molecule has 2 aliphatic carbocycles. The van der Waals surface area contributed by atoms with Gasteiger partial charge in [0, 0.05) is 68.0 Å². The molecule has 9 aromatic rings. The number of anilines is 9. The van der Waals surface area contributed by atoms with Gasteiger partial charge in [-0.05, 0) is 205 Å². The Morgan fingerprint density at radius 2 is 0.897 bits per heavy atom. The molecule has 0 bridgehead atoms. The van der Waals surface area contributed by atoms with E-state index in [0.29, 0.717) is 0 Å². The lowest BCUT2D eigenvalue weighted by atomic mass is 9.33. The van der Waals surface area contributed by atoms with Gasteiger partial charge in [0.05, 0.1) is 0 Å². The molecule has 394 valence electrons. The molecule has 4 nitrogen and oxygen atoms in total. The van der Waals surface area contributed by atoms with E-state index in [4.69, 9.17) is 4.42 Å². The standard InChI is InChI=1S/C73H78BN3O/c1-45-38-63-67-64(39-45)77(52-28-31-54-53-18-16-17-19-65(53)78-66(54)42-52)61-41-51(75(48-24-20-46(21-25-48)68(2,3)4)49-26-22-47(23-27-49)69(5,6)7)30-33-59(61)74(67)60-43-57-58(73(14,15)37-36-72(57,12)13)44-62(60)76(63)50-29-32-55-56(40-50)71(10,11)35-34-70(55,8)9/h16-33,38-44H,34-37H2,1-15H3. The predicted octanol–water partition coefficient (Wildman–Crippen LogP) is 18.7. The van der Waals surface area contributed by atoms with Crippen LogP contribution in [0.4, 0.5) is 51.2 Å². The van der Waals surface area contributed by atoms with E-state index in [1.807, 2.05) is 0 Å². The number of benzene rings is 8. The Labute approximate surface area is 465 Å². The topological polar surface area (TPSA) is 22.9 Å². The summed E-state index contributed by atoms with van der Waals surface area (Å²) in [5, 5.41) is 2.26. The average molecular weight is 1020 g/mol. The summed E-state index contributed by atoms with van der Waals surface area (Å²) >= 11 is 0. The van der Waals surface area contributed by atoms with Gasteiger partial charge in [0.2, 0.25) is 0 Å². The summed E-state index contributed by atoms with van der Waals surface area (Å²) in [6.07, 6.45) is 4.65. The molecule has 0 unspecified atom stereocenters. The third-order valence-electron chi connectivity index (χ3n) is 19.1. The van der Waals surface area contributed by atoms with Crippen molar-refractivity contribution in [2.24, 2.45) is 0 Å². The van der Waals surface area contributed by atoms with E-state index in [-0.39, 0.29) is 39.2 Å². The van der Waals surface area contributed by atoms with Crippen LogP contribution in [0.3, 0.4) is 0 Å². The molecule has 0 spiro atoms. The second kappa shape index (κ2) is 17.0. The van der Waals surface area contributed by atoms with Crippen molar-refractivity contribution >= 4 is 96.2 Å². The molecule has 78 heavy (non-hydrogen) atoms. The molecule has 4 aliphatic rings. The van der Waals surface area contributed by atoms with Crippen molar-refractivity contribution in [2.45, 2.75) is 162 Å². The molecule has 0 amide bonds. The molecular weight excluding hydrogens is 946 g/mol. The molecular formula is C73H78BN3O. The maximum Gasteiger partial charge on any atom is 0.252 e. The van der Waals surface area contributed by atoms with Crippen molar-refractivity contribution in [1.82, 2.24) is 0 Å². The van der Waals surface area contributed by atoms with E-state index in [1.165, 1.54) is 90.2 Å². The van der Waals surface area contributed by atoms with Crippen LogP contribution in [-0.2, 0) is 32.5 Å². The fourth-order valence-corrected chi connectivity index (χ4v) is 14.1. The Hall–Kier alpha value is -6.98. The van der Waals surface area contributed by atoms with Gasteiger partial charge in [-0.15, -0.1) is 0 Å². The lowest BCUT2D eigenvalue weighted by Gasteiger charge is -2.48. The Morgan fingerprint density at radius 1 is 0.423 bits per heavy atom. The first-order chi connectivity index (χ1) is 36.8. The smallest absolute Gasteiger partial charge is 0.252 e. The molecule has 8 aromatic carbocycles. The van der Waals surface area contributed by atoms with E-state index in [9.17, 15) is 0 Å². The minimum absolute atomic E-state index is 0.0173. The van der Waals surface area contributed by atoms with Gasteiger partial charge >= 0.3 is 0 Å². The molecule has 0 fully saturated rings. The number of furan rings is 1. The number of hydrogen-bond donors (Lipinski definition) is 0. The third-order valence-corrected chi connectivity index (χ3v) is 19.1. The van der Waals surface area contributed by atoms with Gasteiger partial charge in [0.15, 0.2) is 0 Å². The van der Waals surface area contributed by atoms with Crippen LogP contribution in [-0.4, -0.2) is 6.71 Å². The number of fused-ring (bicyclic) bond motifs is 9. The predicted molar refractivity (Wildman–Crippen MR) is 335 cm³/mol. The van der Waals surface area contributed by atoms with Crippen molar-refractivity contribution < 1.29 is 4.42 Å². The fourth-order valence-electron chi connectivity index (χ4n) is 14.1. The maximum atomic E-state index is 6.75. The molecule has 3 heterocycles. The molecule has 2 aliphatic heterocycles. The first kappa shape index (κ1) is 50.5. The zero-order chi connectivity index (χ0) is 54.8. The molecule has 13 rings (SSSR count). The number of aryl methyl sites for hydroxylation is 1. The highest BCUT2D eigenvalue weighted by Gasteiger charge is 2.47. The minimum atomic E-state index is -0.0400. The summed E-state index contributed by atoms with van der Waals surface area (Å²) in [7, 11) is 0. The molecule has 0 saturated heterocycles. The van der Waals surface area contributed by atoms with Gasteiger partial charge in [-0.1, -0.05) is 158 Å². The van der Waals surface area contributed by atoms with E-state index in [2.05, 4.69) is 270 Å². The van der Waals surface area contributed by atoms with Gasteiger partial charge in [-0.2, -0.15) is 0 Å². The van der Waals surface area contributed by atoms with Crippen molar-refractivity contribution in [1.29, 1.82) is 0 Å². The normalized spacial score (nSPS) is 17.6. The van der Waals surface area contributed by atoms with Crippen LogP contribution >= 0.6 is 0 Å². The van der Waals surface area contributed by atoms with Crippen molar-refractivity contribution in [3.8, 4) is 0 Å². The Kier molecular flexibility index (Phi) is 11.0. The van der Waals surface area contributed by atoms with E-state index in [0.717, 1.165) is 64.0 Å². The van der Waals surface area contributed by atoms with Crippen LogP contribution < -0.4 is 31.1 Å². The van der Waals surface area contributed by atoms with Gasteiger partial charge < -0.3 is 19.1 Å². The highest BCUT2D eigenvalue weighted by Crippen LogP contribution is 2.53. The van der Waals surface area contributed by atoms with Crippen molar-refractivity contribution in [3.63, 3.8) is 0 Å². The first-order valence-electron chi connectivity index (χ1n) is 28.9. The van der Waals surface area contributed by atoms with Crippen LogP contribution in [0.25, 0.3) is 21.9 Å². The zero-order valence-corrected chi connectivity index (χ0v) is 49.1. The van der Waals surface area contributed by atoms with Crippen LogP contribution in [0.15, 0.2) is 156 Å². The SMILES string of the molecule is Cc1cc2c3c(c1)N(c1ccc4c(c1)C(C)(C)CCC4(C)C)c1cc4c(cc1B3c1ccc(N(c3ccc(C(C)(C)C)cc3)c3ccc(C(C)(C)C)cc3)cc1N2c1ccc2c(c1)oc1ccccc12)C(C)(C)CCC4(C)C. The van der Waals surface area contributed by atoms with Crippen molar-refractivity contribution in [3.05, 3.63) is 191 Å². The largest absolute Gasteiger partial charge is 0.456 e. The number of rotatable bonds is 5. The minimum Gasteiger partial charge on any atom is -0.456 e. The lowest BCUT2D eigenvalue weighted by Crippen LogP contribution is -2.62. The van der Waals surface area contributed by atoms with E-state index < -0.39 is 0 Å². The summed E-state index contributed by atoms with van der Waals surface area (Å²) < 4.78 is 6.75. The summed E-state index contributed by atoms with van der Waals surface area (Å²) in [6, 6.07) is 59.0. The quantitative estimate of drug-likeness (QED) is 0.160.